The summed E-state index contributed by atoms with van der Waals surface area (Å²) < 4.78 is 10.8. The predicted molar refractivity (Wildman–Crippen MR) is 56.8 cm³/mol. The lowest BCUT2D eigenvalue weighted by Gasteiger charge is -2.18. The summed E-state index contributed by atoms with van der Waals surface area (Å²) in [4.78, 5) is 0. The standard InChI is InChI=1S/C11H13N3O2/c1-3-8(7-12-5-1)10-13-14-11(16-10)9-4-2-6-15-9/h2,4,6,8,12H,1,3,5,7H2/t8-/m0/s1. The van der Waals surface area contributed by atoms with E-state index in [9.17, 15) is 0 Å². The molecule has 5 nitrogen and oxygen atoms in total. The molecule has 3 rings (SSSR count). The van der Waals surface area contributed by atoms with E-state index in [0.717, 1.165) is 25.9 Å². The average Bonchev–Trinajstić information content (AvgIpc) is 3.01. The second-order valence-electron chi connectivity index (χ2n) is 3.97. The van der Waals surface area contributed by atoms with Crippen LogP contribution >= 0.6 is 0 Å². The van der Waals surface area contributed by atoms with Crippen LogP contribution in [0.15, 0.2) is 27.2 Å². The van der Waals surface area contributed by atoms with Crippen LogP contribution in [-0.4, -0.2) is 23.3 Å². The zero-order valence-electron chi connectivity index (χ0n) is 8.85. The summed E-state index contributed by atoms with van der Waals surface area (Å²) >= 11 is 0. The summed E-state index contributed by atoms with van der Waals surface area (Å²) in [5.41, 5.74) is 0. The van der Waals surface area contributed by atoms with E-state index in [1.165, 1.54) is 0 Å². The van der Waals surface area contributed by atoms with Gasteiger partial charge in [-0.25, -0.2) is 0 Å². The van der Waals surface area contributed by atoms with E-state index in [1.54, 1.807) is 12.3 Å². The van der Waals surface area contributed by atoms with Crippen molar-refractivity contribution in [1.29, 1.82) is 0 Å². The fourth-order valence-electron chi connectivity index (χ4n) is 1.96. The SMILES string of the molecule is c1coc(-c2nnc([C@H]3CCCNC3)o2)c1. The second kappa shape index (κ2) is 4.09. The molecule has 2 aromatic rings. The Balaban J connectivity index is 1.82. The maximum absolute atomic E-state index is 5.61. The minimum atomic E-state index is 0.338. The van der Waals surface area contributed by atoms with Gasteiger partial charge >= 0.3 is 0 Å². The molecule has 5 heteroatoms. The minimum Gasteiger partial charge on any atom is -0.459 e. The number of hydrogen-bond acceptors (Lipinski definition) is 5. The predicted octanol–water partition coefficient (Wildman–Crippen LogP) is 1.80. The van der Waals surface area contributed by atoms with Crippen LogP contribution in [0.3, 0.4) is 0 Å². The van der Waals surface area contributed by atoms with Gasteiger partial charge in [0.1, 0.15) is 0 Å². The van der Waals surface area contributed by atoms with Crippen molar-refractivity contribution in [3.8, 4) is 11.7 Å². The van der Waals surface area contributed by atoms with Crippen molar-refractivity contribution in [2.75, 3.05) is 13.1 Å². The molecule has 1 aliphatic heterocycles. The summed E-state index contributed by atoms with van der Waals surface area (Å²) in [5, 5.41) is 11.4. The molecule has 0 aromatic carbocycles. The summed E-state index contributed by atoms with van der Waals surface area (Å²) in [6.45, 7) is 2.00. The molecule has 0 bridgehead atoms. The number of hydrogen-bond donors (Lipinski definition) is 1. The van der Waals surface area contributed by atoms with Crippen molar-refractivity contribution in [1.82, 2.24) is 15.5 Å². The van der Waals surface area contributed by atoms with Crippen molar-refractivity contribution in [2.24, 2.45) is 0 Å². The van der Waals surface area contributed by atoms with Gasteiger partial charge in [-0.3, -0.25) is 0 Å². The topological polar surface area (TPSA) is 64.1 Å². The van der Waals surface area contributed by atoms with E-state index in [-0.39, 0.29) is 0 Å². The highest BCUT2D eigenvalue weighted by molar-refractivity contribution is 5.42. The van der Waals surface area contributed by atoms with Gasteiger partial charge in [-0.2, -0.15) is 0 Å². The number of rotatable bonds is 2. The maximum atomic E-state index is 5.61. The molecule has 0 unspecified atom stereocenters. The van der Waals surface area contributed by atoms with Crippen LogP contribution in [0.1, 0.15) is 24.7 Å². The van der Waals surface area contributed by atoms with Gasteiger partial charge in [0.2, 0.25) is 5.89 Å². The summed E-state index contributed by atoms with van der Waals surface area (Å²) in [7, 11) is 0. The zero-order chi connectivity index (χ0) is 10.8. The van der Waals surface area contributed by atoms with Gasteiger partial charge in [-0.1, -0.05) is 0 Å². The largest absolute Gasteiger partial charge is 0.459 e. The number of piperidine rings is 1. The highest BCUT2D eigenvalue weighted by atomic mass is 16.4. The first-order valence-corrected chi connectivity index (χ1v) is 5.51. The minimum absolute atomic E-state index is 0.338. The van der Waals surface area contributed by atoms with Crippen molar-refractivity contribution in [3.63, 3.8) is 0 Å². The monoisotopic (exact) mass is 219 g/mol. The van der Waals surface area contributed by atoms with Crippen molar-refractivity contribution >= 4 is 0 Å². The third kappa shape index (κ3) is 1.74. The number of nitrogens with one attached hydrogen (secondary N) is 1. The second-order valence-corrected chi connectivity index (χ2v) is 3.97. The summed E-state index contributed by atoms with van der Waals surface area (Å²) in [6.07, 6.45) is 3.86. The quantitative estimate of drug-likeness (QED) is 0.834. The first kappa shape index (κ1) is 9.59. The van der Waals surface area contributed by atoms with Gasteiger partial charge in [0.25, 0.3) is 5.89 Å². The Labute approximate surface area is 92.9 Å². The van der Waals surface area contributed by atoms with Gasteiger partial charge < -0.3 is 14.2 Å². The molecule has 0 amide bonds. The van der Waals surface area contributed by atoms with Crippen LogP contribution < -0.4 is 5.32 Å². The molecule has 1 saturated heterocycles. The van der Waals surface area contributed by atoms with Gasteiger partial charge in [0.15, 0.2) is 5.76 Å². The molecule has 1 atom stereocenters. The molecule has 16 heavy (non-hydrogen) atoms. The Morgan fingerprint density at radius 2 is 2.38 bits per heavy atom. The van der Waals surface area contributed by atoms with Gasteiger partial charge in [-0.05, 0) is 31.5 Å². The van der Waals surface area contributed by atoms with E-state index in [1.807, 2.05) is 6.07 Å². The van der Waals surface area contributed by atoms with Crippen LogP contribution in [-0.2, 0) is 0 Å². The lowest BCUT2D eigenvalue weighted by atomic mass is 10.00. The van der Waals surface area contributed by atoms with Crippen molar-refractivity contribution in [3.05, 3.63) is 24.3 Å². The lowest BCUT2D eigenvalue weighted by molar-refractivity contribution is 0.377. The molecule has 1 N–H and O–H groups in total. The Bertz CT molecular complexity index is 444. The first-order valence-electron chi connectivity index (χ1n) is 5.51. The summed E-state index contributed by atoms with van der Waals surface area (Å²) in [6, 6.07) is 3.62. The number of furan rings is 1. The maximum Gasteiger partial charge on any atom is 0.283 e. The lowest BCUT2D eigenvalue weighted by Crippen LogP contribution is -2.28. The normalized spacial score (nSPS) is 21.1. The molecular weight excluding hydrogens is 206 g/mol. The zero-order valence-corrected chi connectivity index (χ0v) is 8.85. The number of aromatic nitrogens is 2. The van der Waals surface area contributed by atoms with Crippen LogP contribution in [0.25, 0.3) is 11.7 Å². The fourth-order valence-corrected chi connectivity index (χ4v) is 1.96. The molecule has 0 spiro atoms. The van der Waals surface area contributed by atoms with E-state index < -0.39 is 0 Å². The van der Waals surface area contributed by atoms with E-state index in [2.05, 4.69) is 15.5 Å². The third-order valence-corrected chi connectivity index (χ3v) is 2.82. The summed E-state index contributed by atoms with van der Waals surface area (Å²) in [5.74, 6) is 2.14. The first-order chi connectivity index (χ1) is 7.93. The highest BCUT2D eigenvalue weighted by Crippen LogP contribution is 2.25. The highest BCUT2D eigenvalue weighted by Gasteiger charge is 2.21. The Morgan fingerprint density at radius 3 is 3.12 bits per heavy atom. The van der Waals surface area contributed by atoms with Gasteiger partial charge in [0.05, 0.1) is 6.26 Å². The molecule has 3 heterocycles. The van der Waals surface area contributed by atoms with Crippen molar-refractivity contribution in [2.45, 2.75) is 18.8 Å². The van der Waals surface area contributed by atoms with Gasteiger partial charge in [-0.15, -0.1) is 10.2 Å². The molecule has 1 fully saturated rings. The van der Waals surface area contributed by atoms with E-state index in [4.69, 9.17) is 8.83 Å². The average molecular weight is 219 g/mol. The molecule has 1 aliphatic rings. The molecule has 84 valence electrons. The fraction of sp³-hybridized carbons (Fsp3) is 0.455. The van der Waals surface area contributed by atoms with Gasteiger partial charge in [0, 0.05) is 12.5 Å². The molecular formula is C11H13N3O2. The van der Waals surface area contributed by atoms with Crippen LogP contribution in [0, 0.1) is 0 Å². The molecule has 0 aliphatic carbocycles. The third-order valence-electron chi connectivity index (χ3n) is 2.82. The Kier molecular flexibility index (Phi) is 2.46. The molecule has 0 radical (unpaired) electrons. The van der Waals surface area contributed by atoms with E-state index in [0.29, 0.717) is 23.5 Å². The number of nitrogens with zero attached hydrogens (tertiary/aromatic N) is 2. The Hall–Kier alpha value is -1.62. The molecule has 0 saturated carbocycles. The van der Waals surface area contributed by atoms with Crippen LogP contribution in [0.2, 0.25) is 0 Å². The van der Waals surface area contributed by atoms with Crippen molar-refractivity contribution < 1.29 is 8.83 Å². The smallest absolute Gasteiger partial charge is 0.283 e. The van der Waals surface area contributed by atoms with E-state index >= 15 is 0 Å². The molecule has 2 aromatic heterocycles. The Morgan fingerprint density at radius 1 is 1.38 bits per heavy atom. The van der Waals surface area contributed by atoms with Crippen LogP contribution in [0.4, 0.5) is 0 Å². The van der Waals surface area contributed by atoms with Crippen LogP contribution in [0.5, 0.6) is 0 Å².